The van der Waals surface area contributed by atoms with Gasteiger partial charge in [-0.3, -0.25) is 4.79 Å². The van der Waals surface area contributed by atoms with Crippen molar-refractivity contribution < 1.29 is 4.79 Å². The molecule has 0 aliphatic heterocycles. The van der Waals surface area contributed by atoms with E-state index in [-0.39, 0.29) is 24.2 Å². The second-order valence-electron chi connectivity index (χ2n) is 3.31. The SMILES string of the molecule is Cl.NC1CCc2cc(Cl)ccc2C1=O. The van der Waals surface area contributed by atoms with Crippen molar-refractivity contribution in [1.29, 1.82) is 0 Å². The molecular weight excluding hydrogens is 221 g/mol. The van der Waals surface area contributed by atoms with Gasteiger partial charge in [-0.2, -0.15) is 0 Å². The number of rotatable bonds is 0. The minimum Gasteiger partial charge on any atom is -0.321 e. The van der Waals surface area contributed by atoms with Crippen molar-refractivity contribution in [3.05, 3.63) is 34.3 Å². The van der Waals surface area contributed by atoms with E-state index in [1.54, 1.807) is 12.1 Å². The average Bonchev–Trinajstić information content (AvgIpc) is 2.12. The van der Waals surface area contributed by atoms with Gasteiger partial charge in [-0.05, 0) is 36.6 Å². The molecule has 2 nitrogen and oxygen atoms in total. The Morgan fingerprint density at radius 1 is 1.43 bits per heavy atom. The molecule has 0 amide bonds. The first-order valence-corrected chi connectivity index (χ1v) is 4.64. The number of aryl methyl sites for hydroxylation is 1. The molecular formula is C10H11Cl2NO. The van der Waals surface area contributed by atoms with E-state index in [1.807, 2.05) is 6.07 Å². The van der Waals surface area contributed by atoms with Crippen molar-refractivity contribution in [2.75, 3.05) is 0 Å². The predicted molar refractivity (Wildman–Crippen MR) is 59.3 cm³/mol. The van der Waals surface area contributed by atoms with Gasteiger partial charge >= 0.3 is 0 Å². The summed E-state index contributed by atoms with van der Waals surface area (Å²) in [5, 5.41) is 0.682. The first-order valence-electron chi connectivity index (χ1n) is 4.26. The molecule has 0 heterocycles. The molecule has 0 spiro atoms. The van der Waals surface area contributed by atoms with E-state index in [1.165, 1.54) is 0 Å². The van der Waals surface area contributed by atoms with Gasteiger partial charge in [0, 0.05) is 10.6 Å². The first kappa shape index (κ1) is 11.5. The number of fused-ring (bicyclic) bond motifs is 1. The van der Waals surface area contributed by atoms with E-state index in [9.17, 15) is 4.79 Å². The molecule has 2 N–H and O–H groups in total. The lowest BCUT2D eigenvalue weighted by atomic mass is 9.88. The zero-order chi connectivity index (χ0) is 9.42. The third-order valence-corrected chi connectivity index (χ3v) is 2.63. The van der Waals surface area contributed by atoms with E-state index in [0.29, 0.717) is 5.02 Å². The lowest BCUT2D eigenvalue weighted by molar-refractivity contribution is 0.0948. The van der Waals surface area contributed by atoms with E-state index in [4.69, 9.17) is 17.3 Å². The summed E-state index contributed by atoms with van der Waals surface area (Å²) in [6.45, 7) is 0. The zero-order valence-electron chi connectivity index (χ0n) is 7.50. The van der Waals surface area contributed by atoms with Crippen LogP contribution < -0.4 is 5.73 Å². The summed E-state index contributed by atoms with van der Waals surface area (Å²) in [5.74, 6) is 0.0397. The molecule has 2 rings (SSSR count). The molecule has 0 radical (unpaired) electrons. The quantitative estimate of drug-likeness (QED) is 0.745. The third-order valence-electron chi connectivity index (χ3n) is 2.39. The maximum Gasteiger partial charge on any atom is 0.179 e. The van der Waals surface area contributed by atoms with Crippen LogP contribution in [0.3, 0.4) is 0 Å². The lowest BCUT2D eigenvalue weighted by Crippen LogP contribution is -2.35. The van der Waals surface area contributed by atoms with Crippen LogP contribution in [0.4, 0.5) is 0 Å². The molecule has 1 atom stereocenters. The Kier molecular flexibility index (Phi) is 3.53. The molecule has 0 fully saturated rings. The van der Waals surface area contributed by atoms with Crippen LogP contribution in [0.1, 0.15) is 22.3 Å². The van der Waals surface area contributed by atoms with Crippen molar-refractivity contribution >= 4 is 29.8 Å². The lowest BCUT2D eigenvalue weighted by Gasteiger charge is -2.19. The van der Waals surface area contributed by atoms with Crippen LogP contribution in [0.2, 0.25) is 5.02 Å². The van der Waals surface area contributed by atoms with Crippen molar-refractivity contribution in [3.8, 4) is 0 Å². The number of nitrogens with two attached hydrogens (primary N) is 1. The molecule has 1 aliphatic rings. The van der Waals surface area contributed by atoms with Crippen molar-refractivity contribution in [1.82, 2.24) is 0 Å². The summed E-state index contributed by atoms with van der Waals surface area (Å²) < 4.78 is 0. The predicted octanol–water partition coefficient (Wildman–Crippen LogP) is 2.22. The van der Waals surface area contributed by atoms with Gasteiger partial charge in [0.1, 0.15) is 0 Å². The second-order valence-corrected chi connectivity index (χ2v) is 3.75. The van der Waals surface area contributed by atoms with Gasteiger partial charge in [-0.15, -0.1) is 12.4 Å². The van der Waals surface area contributed by atoms with Crippen LogP contribution in [0.25, 0.3) is 0 Å². The number of carbonyl (C=O) groups is 1. The molecule has 1 aliphatic carbocycles. The van der Waals surface area contributed by atoms with Crippen molar-refractivity contribution in [3.63, 3.8) is 0 Å². The molecule has 1 unspecified atom stereocenters. The largest absolute Gasteiger partial charge is 0.321 e. The summed E-state index contributed by atoms with van der Waals surface area (Å²) in [4.78, 5) is 11.6. The molecule has 1 aromatic rings. The number of hydrogen-bond donors (Lipinski definition) is 1. The van der Waals surface area contributed by atoms with Gasteiger partial charge in [0.25, 0.3) is 0 Å². The third kappa shape index (κ3) is 1.92. The monoisotopic (exact) mass is 231 g/mol. The van der Waals surface area contributed by atoms with Gasteiger partial charge in [0.15, 0.2) is 5.78 Å². The van der Waals surface area contributed by atoms with E-state index < -0.39 is 0 Å². The molecule has 0 saturated carbocycles. The summed E-state index contributed by atoms with van der Waals surface area (Å²) >= 11 is 5.82. The van der Waals surface area contributed by atoms with Gasteiger partial charge in [0.05, 0.1) is 6.04 Å². The highest BCUT2D eigenvalue weighted by Crippen LogP contribution is 2.23. The standard InChI is InChI=1S/C10H10ClNO.ClH/c11-7-2-3-8-6(5-7)1-4-9(12)10(8)13;/h2-3,5,9H,1,4,12H2;1H. The summed E-state index contributed by atoms with van der Waals surface area (Å²) in [7, 11) is 0. The minimum absolute atomic E-state index is 0. The molecule has 0 saturated heterocycles. The van der Waals surface area contributed by atoms with Crippen LogP contribution in [-0.4, -0.2) is 11.8 Å². The maximum absolute atomic E-state index is 11.6. The number of ketones is 1. The number of Topliss-reactive ketones (excluding diaryl/α,β-unsaturated/α-hetero) is 1. The fourth-order valence-corrected chi connectivity index (χ4v) is 1.85. The summed E-state index contributed by atoms with van der Waals surface area (Å²) in [6, 6.07) is 5.02. The summed E-state index contributed by atoms with van der Waals surface area (Å²) in [6.07, 6.45) is 1.58. The number of hydrogen-bond acceptors (Lipinski definition) is 2. The van der Waals surface area contributed by atoms with Crippen LogP contribution in [-0.2, 0) is 6.42 Å². The number of halogens is 2. The topological polar surface area (TPSA) is 43.1 Å². The Labute approximate surface area is 93.8 Å². The molecule has 0 bridgehead atoms. The average molecular weight is 232 g/mol. The molecule has 76 valence electrons. The van der Waals surface area contributed by atoms with E-state index >= 15 is 0 Å². The van der Waals surface area contributed by atoms with E-state index in [0.717, 1.165) is 24.0 Å². The zero-order valence-corrected chi connectivity index (χ0v) is 9.07. The minimum atomic E-state index is -0.325. The van der Waals surface area contributed by atoms with E-state index in [2.05, 4.69) is 0 Å². The Balaban J connectivity index is 0.000000980. The highest BCUT2D eigenvalue weighted by molar-refractivity contribution is 6.30. The highest BCUT2D eigenvalue weighted by atomic mass is 35.5. The number of benzene rings is 1. The van der Waals surface area contributed by atoms with Crippen molar-refractivity contribution in [2.24, 2.45) is 5.73 Å². The van der Waals surface area contributed by atoms with Gasteiger partial charge in [-0.1, -0.05) is 11.6 Å². The fourth-order valence-electron chi connectivity index (χ4n) is 1.65. The Bertz CT molecular complexity index is 365. The molecule has 4 heteroatoms. The summed E-state index contributed by atoms with van der Waals surface area (Å²) in [5.41, 5.74) is 7.41. The molecule has 1 aromatic carbocycles. The van der Waals surface area contributed by atoms with Gasteiger partial charge in [0.2, 0.25) is 0 Å². The first-order chi connectivity index (χ1) is 6.18. The normalized spacial score (nSPS) is 19.9. The number of carbonyl (C=O) groups excluding carboxylic acids is 1. The maximum atomic E-state index is 11.6. The Hall–Kier alpha value is -0.570. The van der Waals surface area contributed by atoms with Crippen LogP contribution >= 0.6 is 24.0 Å². The van der Waals surface area contributed by atoms with Gasteiger partial charge in [-0.25, -0.2) is 0 Å². The highest BCUT2D eigenvalue weighted by Gasteiger charge is 2.23. The second kappa shape index (κ2) is 4.30. The van der Waals surface area contributed by atoms with Crippen LogP contribution in [0.15, 0.2) is 18.2 Å². The van der Waals surface area contributed by atoms with Crippen LogP contribution in [0.5, 0.6) is 0 Å². The van der Waals surface area contributed by atoms with Gasteiger partial charge < -0.3 is 5.73 Å². The molecule has 0 aromatic heterocycles. The fraction of sp³-hybridized carbons (Fsp3) is 0.300. The Morgan fingerprint density at radius 3 is 2.86 bits per heavy atom. The Morgan fingerprint density at radius 2 is 2.14 bits per heavy atom. The smallest absolute Gasteiger partial charge is 0.179 e. The molecule has 14 heavy (non-hydrogen) atoms. The van der Waals surface area contributed by atoms with Crippen LogP contribution in [0, 0.1) is 0 Å². The van der Waals surface area contributed by atoms with Crippen molar-refractivity contribution in [2.45, 2.75) is 18.9 Å².